The lowest BCUT2D eigenvalue weighted by atomic mass is 10.1. The van der Waals surface area contributed by atoms with Gasteiger partial charge in [0.15, 0.2) is 0 Å². The summed E-state index contributed by atoms with van der Waals surface area (Å²) in [6.45, 7) is 2.07. The van der Waals surface area contributed by atoms with Gasteiger partial charge in [-0.25, -0.2) is 4.68 Å². The van der Waals surface area contributed by atoms with E-state index >= 15 is 0 Å². The standard InChI is InChI=1S/C16H16N4O3S/c1-2-4-13-7-9-16(10-8-13)24(21,22)23-15-6-3-5-14(11-15)20-12-17-18-19-20/h3,5-12H,2,4H2,1H3. The Morgan fingerprint density at radius 3 is 2.58 bits per heavy atom. The molecule has 2 aromatic carbocycles. The maximum Gasteiger partial charge on any atom is 0.339 e. The Hall–Kier alpha value is -2.74. The molecule has 0 radical (unpaired) electrons. The molecule has 0 aliphatic rings. The first-order chi connectivity index (χ1) is 11.6. The molecule has 0 aliphatic heterocycles. The summed E-state index contributed by atoms with van der Waals surface area (Å²) >= 11 is 0. The van der Waals surface area contributed by atoms with Crippen molar-refractivity contribution < 1.29 is 12.6 Å². The summed E-state index contributed by atoms with van der Waals surface area (Å²) in [6.07, 6.45) is 3.34. The van der Waals surface area contributed by atoms with Crippen molar-refractivity contribution in [1.82, 2.24) is 20.2 Å². The van der Waals surface area contributed by atoms with Crippen LogP contribution < -0.4 is 4.18 Å². The second-order valence-corrected chi connectivity index (χ2v) is 6.73. The average Bonchev–Trinajstić information content (AvgIpc) is 3.10. The van der Waals surface area contributed by atoms with Crippen LogP contribution in [0.5, 0.6) is 5.75 Å². The van der Waals surface area contributed by atoms with E-state index in [9.17, 15) is 8.42 Å². The molecule has 0 unspecified atom stereocenters. The number of aromatic nitrogens is 4. The van der Waals surface area contributed by atoms with E-state index in [1.807, 2.05) is 0 Å². The SMILES string of the molecule is CCCc1ccc(S(=O)(=O)Oc2cccc(-n3cnnn3)c2)cc1. The molecule has 3 rings (SSSR count). The highest BCUT2D eigenvalue weighted by Gasteiger charge is 2.17. The zero-order valence-corrected chi connectivity index (χ0v) is 13.8. The van der Waals surface area contributed by atoms with Crippen LogP contribution in [0.25, 0.3) is 5.69 Å². The molecule has 0 fully saturated rings. The highest BCUT2D eigenvalue weighted by Crippen LogP contribution is 2.21. The van der Waals surface area contributed by atoms with Crippen LogP contribution in [0.1, 0.15) is 18.9 Å². The molecule has 0 spiro atoms. The van der Waals surface area contributed by atoms with Crippen LogP contribution in [0.4, 0.5) is 0 Å². The Balaban J connectivity index is 1.83. The van der Waals surface area contributed by atoms with Crippen molar-refractivity contribution in [3.05, 3.63) is 60.4 Å². The fraction of sp³-hybridized carbons (Fsp3) is 0.188. The van der Waals surface area contributed by atoms with Crippen LogP contribution in [-0.4, -0.2) is 28.6 Å². The molecule has 0 N–H and O–H groups in total. The van der Waals surface area contributed by atoms with E-state index in [0.717, 1.165) is 18.4 Å². The lowest BCUT2D eigenvalue weighted by molar-refractivity contribution is 0.486. The van der Waals surface area contributed by atoms with Gasteiger partial charge in [-0.15, -0.1) is 5.10 Å². The van der Waals surface area contributed by atoms with Gasteiger partial charge < -0.3 is 4.18 Å². The summed E-state index contributed by atoms with van der Waals surface area (Å²) in [5.41, 5.74) is 1.70. The van der Waals surface area contributed by atoms with E-state index in [1.54, 1.807) is 48.5 Å². The molecule has 0 bridgehead atoms. The summed E-state index contributed by atoms with van der Waals surface area (Å²) in [5, 5.41) is 10.9. The van der Waals surface area contributed by atoms with Gasteiger partial charge in [0.05, 0.1) is 5.69 Å². The van der Waals surface area contributed by atoms with Gasteiger partial charge in [-0.3, -0.25) is 0 Å². The molecule has 1 heterocycles. The van der Waals surface area contributed by atoms with Crippen molar-refractivity contribution in [3.8, 4) is 11.4 Å². The fourth-order valence-electron chi connectivity index (χ4n) is 2.24. The zero-order chi connectivity index (χ0) is 17.0. The predicted molar refractivity (Wildman–Crippen MR) is 87.4 cm³/mol. The third kappa shape index (κ3) is 3.60. The summed E-state index contributed by atoms with van der Waals surface area (Å²) in [7, 11) is -3.89. The van der Waals surface area contributed by atoms with Gasteiger partial charge >= 0.3 is 10.1 Å². The lowest BCUT2D eigenvalue weighted by Crippen LogP contribution is -2.10. The number of hydrogen-bond acceptors (Lipinski definition) is 6. The van der Waals surface area contributed by atoms with Gasteiger partial charge in [-0.1, -0.05) is 31.5 Å². The van der Waals surface area contributed by atoms with Crippen molar-refractivity contribution in [2.45, 2.75) is 24.7 Å². The van der Waals surface area contributed by atoms with E-state index in [0.29, 0.717) is 5.69 Å². The van der Waals surface area contributed by atoms with Crippen LogP contribution in [0.15, 0.2) is 59.8 Å². The number of rotatable bonds is 6. The Morgan fingerprint density at radius 2 is 1.92 bits per heavy atom. The van der Waals surface area contributed by atoms with Crippen LogP contribution >= 0.6 is 0 Å². The molecule has 0 amide bonds. The minimum atomic E-state index is -3.89. The van der Waals surface area contributed by atoms with E-state index in [2.05, 4.69) is 22.4 Å². The van der Waals surface area contributed by atoms with Gasteiger partial charge in [0.1, 0.15) is 17.0 Å². The van der Waals surface area contributed by atoms with Gasteiger partial charge in [-0.2, -0.15) is 8.42 Å². The minimum Gasteiger partial charge on any atom is -0.379 e. The highest BCUT2D eigenvalue weighted by molar-refractivity contribution is 7.87. The van der Waals surface area contributed by atoms with E-state index in [1.165, 1.54) is 11.0 Å². The fourth-order valence-corrected chi connectivity index (χ4v) is 3.17. The molecule has 1 aromatic heterocycles. The minimum absolute atomic E-state index is 0.121. The highest BCUT2D eigenvalue weighted by atomic mass is 32.2. The predicted octanol–water partition coefficient (Wildman–Crippen LogP) is 2.38. The van der Waals surface area contributed by atoms with E-state index in [4.69, 9.17) is 4.18 Å². The molecule has 0 aliphatic carbocycles. The van der Waals surface area contributed by atoms with Crippen molar-refractivity contribution in [3.63, 3.8) is 0 Å². The molecular formula is C16H16N4O3S. The summed E-state index contributed by atoms with van der Waals surface area (Å²) < 4.78 is 31.4. The number of aryl methyl sites for hydroxylation is 1. The molecule has 0 atom stereocenters. The maximum absolute atomic E-state index is 12.4. The number of nitrogens with zero attached hydrogens (tertiary/aromatic N) is 4. The molecule has 8 heteroatoms. The quantitative estimate of drug-likeness (QED) is 0.638. The summed E-state index contributed by atoms with van der Waals surface area (Å²) in [6, 6.07) is 13.3. The lowest BCUT2D eigenvalue weighted by Gasteiger charge is -2.09. The topological polar surface area (TPSA) is 87.0 Å². The van der Waals surface area contributed by atoms with Crippen molar-refractivity contribution in [2.24, 2.45) is 0 Å². The third-order valence-electron chi connectivity index (χ3n) is 3.39. The molecule has 3 aromatic rings. The van der Waals surface area contributed by atoms with Gasteiger partial charge in [0.2, 0.25) is 0 Å². The van der Waals surface area contributed by atoms with Gasteiger partial charge in [0, 0.05) is 6.07 Å². The Bertz CT molecular complexity index is 907. The molecular weight excluding hydrogens is 328 g/mol. The molecule has 24 heavy (non-hydrogen) atoms. The van der Waals surface area contributed by atoms with Crippen molar-refractivity contribution in [2.75, 3.05) is 0 Å². The summed E-state index contributed by atoms with van der Waals surface area (Å²) in [5.74, 6) is 0.195. The summed E-state index contributed by atoms with van der Waals surface area (Å²) in [4.78, 5) is 0.121. The maximum atomic E-state index is 12.4. The molecule has 124 valence electrons. The normalized spacial score (nSPS) is 11.4. The number of hydrogen-bond donors (Lipinski definition) is 0. The second-order valence-electron chi connectivity index (χ2n) is 5.18. The van der Waals surface area contributed by atoms with Crippen molar-refractivity contribution in [1.29, 1.82) is 0 Å². The first kappa shape index (κ1) is 16.1. The molecule has 7 nitrogen and oxygen atoms in total. The second kappa shape index (κ2) is 6.79. The van der Waals surface area contributed by atoms with Crippen LogP contribution in [-0.2, 0) is 16.5 Å². The molecule has 0 saturated carbocycles. The van der Waals surface area contributed by atoms with Gasteiger partial charge in [0.25, 0.3) is 0 Å². The monoisotopic (exact) mass is 344 g/mol. The zero-order valence-electron chi connectivity index (χ0n) is 13.0. The Kier molecular flexibility index (Phi) is 4.57. The average molecular weight is 344 g/mol. The van der Waals surface area contributed by atoms with Gasteiger partial charge in [-0.05, 0) is 46.7 Å². The Labute approximate surface area is 140 Å². The van der Waals surface area contributed by atoms with Crippen molar-refractivity contribution >= 4 is 10.1 Å². The van der Waals surface area contributed by atoms with E-state index < -0.39 is 10.1 Å². The van der Waals surface area contributed by atoms with Crippen LogP contribution in [0.2, 0.25) is 0 Å². The first-order valence-corrected chi connectivity index (χ1v) is 8.86. The van der Waals surface area contributed by atoms with E-state index in [-0.39, 0.29) is 10.6 Å². The smallest absolute Gasteiger partial charge is 0.339 e. The van der Waals surface area contributed by atoms with Crippen LogP contribution in [0.3, 0.4) is 0 Å². The first-order valence-electron chi connectivity index (χ1n) is 7.45. The number of benzene rings is 2. The molecule has 0 saturated heterocycles. The number of tetrazole rings is 1. The Morgan fingerprint density at radius 1 is 1.12 bits per heavy atom. The van der Waals surface area contributed by atoms with Crippen LogP contribution in [0, 0.1) is 0 Å². The largest absolute Gasteiger partial charge is 0.379 e. The third-order valence-corrected chi connectivity index (χ3v) is 4.65.